The number of ether oxygens (including phenoxy) is 1. The van der Waals surface area contributed by atoms with Crippen molar-refractivity contribution in [3.05, 3.63) is 17.6 Å². The predicted octanol–water partition coefficient (Wildman–Crippen LogP) is 1.37. The molecule has 1 unspecified atom stereocenters. The average Bonchev–Trinajstić information content (AvgIpc) is 2.93. The van der Waals surface area contributed by atoms with Crippen LogP contribution in [0.2, 0.25) is 0 Å². The summed E-state index contributed by atoms with van der Waals surface area (Å²) < 4.78 is 5.50. The van der Waals surface area contributed by atoms with Crippen LogP contribution in [0.1, 0.15) is 24.6 Å². The van der Waals surface area contributed by atoms with E-state index in [1.165, 1.54) is 24.2 Å². The van der Waals surface area contributed by atoms with Gasteiger partial charge in [-0.05, 0) is 25.7 Å². The Morgan fingerprint density at radius 2 is 2.19 bits per heavy atom. The van der Waals surface area contributed by atoms with Gasteiger partial charge < -0.3 is 14.5 Å². The van der Waals surface area contributed by atoms with Gasteiger partial charge in [0.05, 0.1) is 12.3 Å². The Morgan fingerprint density at radius 3 is 2.95 bits per heavy atom. The summed E-state index contributed by atoms with van der Waals surface area (Å²) in [5.74, 6) is 1.84. The number of hydrogen-bond acceptors (Lipinski definition) is 5. The molecule has 1 fully saturated rings. The number of anilines is 1. The molecule has 21 heavy (non-hydrogen) atoms. The van der Waals surface area contributed by atoms with Crippen LogP contribution in [0.15, 0.2) is 6.33 Å². The normalized spacial score (nSPS) is 22.9. The highest BCUT2D eigenvalue weighted by molar-refractivity contribution is 5.48. The third-order valence-corrected chi connectivity index (χ3v) is 4.73. The van der Waals surface area contributed by atoms with E-state index >= 15 is 0 Å². The minimum atomic E-state index is 0.718. The summed E-state index contributed by atoms with van der Waals surface area (Å²) in [5, 5.41) is 0. The summed E-state index contributed by atoms with van der Waals surface area (Å²) in [7, 11) is 2.11. The monoisotopic (exact) mass is 290 g/mol. The Balaban J connectivity index is 1.70. The maximum atomic E-state index is 5.50. The molecule has 0 bridgehead atoms. The van der Waals surface area contributed by atoms with E-state index in [9.17, 15) is 0 Å². The third-order valence-electron chi connectivity index (χ3n) is 4.73. The second-order valence-corrected chi connectivity index (χ2v) is 6.17. The van der Waals surface area contributed by atoms with Crippen LogP contribution in [-0.4, -0.2) is 61.3 Å². The van der Waals surface area contributed by atoms with E-state index in [0.29, 0.717) is 0 Å². The molecule has 1 atom stereocenters. The molecule has 0 N–H and O–H groups in total. The highest BCUT2D eigenvalue weighted by atomic mass is 16.5. The molecule has 0 aliphatic carbocycles. The fraction of sp³-hybridized carbons (Fsp3) is 0.750. The largest absolute Gasteiger partial charge is 0.381 e. The second kappa shape index (κ2) is 6.71. The van der Waals surface area contributed by atoms with Crippen molar-refractivity contribution < 1.29 is 4.74 Å². The molecule has 2 aliphatic heterocycles. The van der Waals surface area contributed by atoms with Crippen LogP contribution < -0.4 is 4.90 Å². The molecule has 3 rings (SSSR count). The predicted molar refractivity (Wildman–Crippen MR) is 83.8 cm³/mol. The van der Waals surface area contributed by atoms with Crippen molar-refractivity contribution in [2.75, 3.05) is 51.3 Å². The zero-order chi connectivity index (χ0) is 14.7. The summed E-state index contributed by atoms with van der Waals surface area (Å²) in [6.07, 6.45) is 5.04. The number of hydrogen-bond donors (Lipinski definition) is 0. The van der Waals surface area contributed by atoms with Crippen molar-refractivity contribution in [2.24, 2.45) is 5.92 Å². The Bertz CT molecular complexity index is 473. The van der Waals surface area contributed by atoms with Gasteiger partial charge in [-0.2, -0.15) is 0 Å². The highest BCUT2D eigenvalue weighted by Crippen LogP contribution is 2.23. The van der Waals surface area contributed by atoms with E-state index in [1.807, 2.05) is 0 Å². The Labute approximate surface area is 127 Å². The maximum absolute atomic E-state index is 5.50. The van der Waals surface area contributed by atoms with Crippen LogP contribution in [0.4, 0.5) is 5.82 Å². The molecule has 3 heterocycles. The summed E-state index contributed by atoms with van der Waals surface area (Å²) in [6, 6.07) is 0. The van der Waals surface area contributed by atoms with Gasteiger partial charge in [-0.3, -0.25) is 0 Å². The van der Waals surface area contributed by atoms with Gasteiger partial charge in [0, 0.05) is 51.8 Å². The van der Waals surface area contributed by atoms with Crippen LogP contribution in [0, 0.1) is 5.92 Å². The number of nitrogens with zero attached hydrogens (tertiary/aromatic N) is 4. The minimum absolute atomic E-state index is 0.718. The smallest absolute Gasteiger partial charge is 0.135 e. The Morgan fingerprint density at radius 1 is 1.33 bits per heavy atom. The molecule has 5 heteroatoms. The van der Waals surface area contributed by atoms with Gasteiger partial charge >= 0.3 is 0 Å². The van der Waals surface area contributed by atoms with Gasteiger partial charge in [0.25, 0.3) is 0 Å². The SMILES string of the molecule is CCN(C)c1ncnc2c1CCN(CC1CCOC1)CC2. The van der Waals surface area contributed by atoms with Crippen LogP contribution in [-0.2, 0) is 17.6 Å². The maximum Gasteiger partial charge on any atom is 0.135 e. The molecule has 5 nitrogen and oxygen atoms in total. The molecule has 0 radical (unpaired) electrons. The molecule has 1 aromatic rings. The lowest BCUT2D eigenvalue weighted by Crippen LogP contribution is -2.32. The first-order chi connectivity index (χ1) is 10.3. The van der Waals surface area contributed by atoms with Gasteiger partial charge in [0.1, 0.15) is 12.1 Å². The van der Waals surface area contributed by atoms with Gasteiger partial charge in [0.2, 0.25) is 0 Å². The molecule has 1 aromatic heterocycles. The molecule has 2 aliphatic rings. The molecular formula is C16H26N4O. The van der Waals surface area contributed by atoms with E-state index in [2.05, 4.69) is 33.7 Å². The van der Waals surface area contributed by atoms with Gasteiger partial charge in [-0.1, -0.05) is 0 Å². The lowest BCUT2D eigenvalue weighted by molar-refractivity contribution is 0.168. The first-order valence-corrected chi connectivity index (χ1v) is 8.12. The van der Waals surface area contributed by atoms with Gasteiger partial charge in [-0.25, -0.2) is 9.97 Å². The molecular weight excluding hydrogens is 264 g/mol. The lowest BCUT2D eigenvalue weighted by Gasteiger charge is -2.23. The fourth-order valence-corrected chi connectivity index (χ4v) is 3.31. The molecule has 1 saturated heterocycles. The van der Waals surface area contributed by atoms with Gasteiger partial charge in [0.15, 0.2) is 0 Å². The van der Waals surface area contributed by atoms with Crippen molar-refractivity contribution >= 4 is 5.82 Å². The minimum Gasteiger partial charge on any atom is -0.381 e. The topological polar surface area (TPSA) is 41.5 Å². The quantitative estimate of drug-likeness (QED) is 0.838. The van der Waals surface area contributed by atoms with Crippen molar-refractivity contribution in [3.8, 4) is 0 Å². The summed E-state index contributed by atoms with van der Waals surface area (Å²) in [5.41, 5.74) is 2.59. The van der Waals surface area contributed by atoms with E-state index in [0.717, 1.165) is 57.4 Å². The van der Waals surface area contributed by atoms with Crippen molar-refractivity contribution in [3.63, 3.8) is 0 Å². The van der Waals surface area contributed by atoms with E-state index in [-0.39, 0.29) is 0 Å². The Kier molecular flexibility index (Phi) is 4.70. The van der Waals surface area contributed by atoms with Crippen molar-refractivity contribution in [1.82, 2.24) is 14.9 Å². The zero-order valence-corrected chi connectivity index (χ0v) is 13.2. The third kappa shape index (κ3) is 3.35. The lowest BCUT2D eigenvalue weighted by atomic mass is 10.1. The first kappa shape index (κ1) is 14.7. The summed E-state index contributed by atoms with van der Waals surface area (Å²) in [6.45, 7) is 8.41. The summed E-state index contributed by atoms with van der Waals surface area (Å²) >= 11 is 0. The zero-order valence-electron chi connectivity index (χ0n) is 13.2. The molecule has 116 valence electrons. The van der Waals surface area contributed by atoms with Crippen LogP contribution in [0.25, 0.3) is 0 Å². The van der Waals surface area contributed by atoms with Crippen LogP contribution in [0.3, 0.4) is 0 Å². The average molecular weight is 290 g/mol. The van der Waals surface area contributed by atoms with Crippen molar-refractivity contribution in [1.29, 1.82) is 0 Å². The Hall–Kier alpha value is -1.20. The molecule has 0 spiro atoms. The fourth-order valence-electron chi connectivity index (χ4n) is 3.31. The van der Waals surface area contributed by atoms with Crippen LogP contribution in [0.5, 0.6) is 0 Å². The summed E-state index contributed by atoms with van der Waals surface area (Å²) in [4.78, 5) is 13.8. The standard InChI is InChI=1S/C16H26N4O/c1-3-19(2)16-14-4-7-20(10-13-6-9-21-11-13)8-5-15(14)17-12-18-16/h12-13H,3-11H2,1-2H3. The number of aromatic nitrogens is 2. The van der Waals surface area contributed by atoms with E-state index in [1.54, 1.807) is 6.33 Å². The number of fused-ring (bicyclic) bond motifs is 1. The molecule has 0 aromatic carbocycles. The van der Waals surface area contributed by atoms with E-state index in [4.69, 9.17) is 4.74 Å². The van der Waals surface area contributed by atoms with Gasteiger partial charge in [-0.15, -0.1) is 0 Å². The highest BCUT2D eigenvalue weighted by Gasteiger charge is 2.23. The van der Waals surface area contributed by atoms with E-state index < -0.39 is 0 Å². The van der Waals surface area contributed by atoms with Crippen molar-refractivity contribution in [2.45, 2.75) is 26.2 Å². The first-order valence-electron chi connectivity index (χ1n) is 8.12. The number of rotatable bonds is 4. The second-order valence-electron chi connectivity index (χ2n) is 6.17. The molecule has 0 amide bonds. The molecule has 0 saturated carbocycles. The van der Waals surface area contributed by atoms with Crippen LogP contribution >= 0.6 is 0 Å².